The highest BCUT2D eigenvalue weighted by atomic mass is 127. The minimum Gasteiger partial charge on any atom is -0.383 e. The Morgan fingerprint density at radius 1 is 1.19 bits per heavy atom. The molecule has 0 aliphatic rings. The molecular weight excluding hydrogens is 471 g/mol. The molecule has 3 N–H and O–H groups in total. The van der Waals surface area contributed by atoms with Gasteiger partial charge < -0.3 is 20.6 Å². The summed E-state index contributed by atoms with van der Waals surface area (Å²) in [5.74, 6) is 0.715. The maximum atomic E-state index is 10.7. The highest BCUT2D eigenvalue weighted by Crippen LogP contribution is 2.25. The van der Waals surface area contributed by atoms with Crippen LogP contribution in [-0.2, 0) is 5.60 Å². The third kappa shape index (κ3) is 7.40. The molecule has 2 rings (SSSR count). The smallest absolute Gasteiger partial charge is 0.191 e. The summed E-state index contributed by atoms with van der Waals surface area (Å²) in [6.07, 6.45) is 0. The molecule has 0 radical (unpaired) electrons. The van der Waals surface area contributed by atoms with Crippen LogP contribution in [0.3, 0.4) is 0 Å². The number of benzene rings is 1. The molecule has 0 bridgehead atoms. The first kappa shape index (κ1) is 23.9. The first-order chi connectivity index (χ1) is 12.4. The number of thiophene rings is 1. The number of hydrogen-bond acceptors (Lipinski definition) is 4. The zero-order valence-electron chi connectivity index (χ0n) is 16.5. The largest absolute Gasteiger partial charge is 0.383 e. The van der Waals surface area contributed by atoms with E-state index in [1.165, 1.54) is 5.56 Å². The zero-order chi connectivity index (χ0) is 19.0. The number of guanidine groups is 1. The van der Waals surface area contributed by atoms with E-state index in [-0.39, 0.29) is 30.0 Å². The monoisotopic (exact) mass is 502 g/mol. The third-order valence-electron chi connectivity index (χ3n) is 4.21. The Balaban J connectivity index is 0.00000364. The number of rotatable bonds is 8. The average molecular weight is 502 g/mol. The molecule has 2 unspecified atom stereocenters. The van der Waals surface area contributed by atoms with Crippen molar-refractivity contribution in [3.05, 3.63) is 58.3 Å². The number of likely N-dealkylation sites (N-methyl/N-ethyl adjacent to an activating group) is 1. The molecule has 150 valence electrons. The van der Waals surface area contributed by atoms with E-state index in [0.717, 1.165) is 18.0 Å². The van der Waals surface area contributed by atoms with Gasteiger partial charge in [-0.05, 0) is 45.0 Å². The van der Waals surface area contributed by atoms with Crippen molar-refractivity contribution in [2.75, 3.05) is 33.7 Å². The zero-order valence-corrected chi connectivity index (χ0v) is 19.6. The molecule has 0 saturated heterocycles. The van der Waals surface area contributed by atoms with Gasteiger partial charge in [0.1, 0.15) is 5.60 Å². The maximum absolute atomic E-state index is 10.7. The van der Waals surface area contributed by atoms with Crippen LogP contribution < -0.4 is 10.6 Å². The van der Waals surface area contributed by atoms with Crippen molar-refractivity contribution in [1.82, 2.24) is 15.5 Å². The first-order valence-electron chi connectivity index (χ1n) is 8.94. The molecule has 0 aliphatic carbocycles. The molecule has 0 spiro atoms. The second-order valence-electron chi connectivity index (χ2n) is 6.72. The highest BCUT2D eigenvalue weighted by Gasteiger charge is 2.24. The van der Waals surface area contributed by atoms with Crippen LogP contribution in [0, 0.1) is 0 Å². The van der Waals surface area contributed by atoms with Gasteiger partial charge in [0.05, 0.1) is 12.6 Å². The van der Waals surface area contributed by atoms with Gasteiger partial charge in [-0.15, -0.1) is 35.3 Å². The van der Waals surface area contributed by atoms with E-state index in [1.807, 2.05) is 30.5 Å². The van der Waals surface area contributed by atoms with Crippen molar-refractivity contribution in [2.24, 2.45) is 4.99 Å². The lowest BCUT2D eigenvalue weighted by atomic mass is 10.1. The molecule has 1 aromatic heterocycles. The number of aliphatic hydroxyl groups is 1. The Labute approximate surface area is 183 Å². The van der Waals surface area contributed by atoms with Gasteiger partial charge >= 0.3 is 0 Å². The topological polar surface area (TPSA) is 59.9 Å². The lowest BCUT2D eigenvalue weighted by Gasteiger charge is -2.26. The number of halogens is 1. The van der Waals surface area contributed by atoms with Gasteiger partial charge in [-0.3, -0.25) is 0 Å². The molecule has 2 atom stereocenters. The molecule has 0 amide bonds. The molecule has 27 heavy (non-hydrogen) atoms. The summed E-state index contributed by atoms with van der Waals surface area (Å²) in [4.78, 5) is 7.71. The molecule has 2 aromatic rings. The first-order valence-corrected chi connectivity index (χ1v) is 9.82. The number of hydrogen-bond donors (Lipinski definition) is 3. The molecular formula is C20H31IN4OS. The SMILES string of the molecule is CCNC(=NCC(C)(O)c1cccs1)NCC(c1ccccc1)N(C)C.I. The van der Waals surface area contributed by atoms with Gasteiger partial charge in [-0.25, -0.2) is 4.99 Å². The predicted molar refractivity (Wildman–Crippen MR) is 126 cm³/mol. The van der Waals surface area contributed by atoms with Crippen LogP contribution in [-0.4, -0.2) is 49.7 Å². The van der Waals surface area contributed by atoms with Crippen molar-refractivity contribution in [3.8, 4) is 0 Å². The van der Waals surface area contributed by atoms with Crippen molar-refractivity contribution < 1.29 is 5.11 Å². The minimum absolute atomic E-state index is 0. The van der Waals surface area contributed by atoms with Crippen LogP contribution in [0.15, 0.2) is 52.8 Å². The Kier molecular flexibility index (Phi) is 10.3. The van der Waals surface area contributed by atoms with Crippen molar-refractivity contribution in [1.29, 1.82) is 0 Å². The van der Waals surface area contributed by atoms with Crippen molar-refractivity contribution in [3.63, 3.8) is 0 Å². The molecule has 7 heteroatoms. The normalized spacial score (nSPS) is 15.0. The second-order valence-corrected chi connectivity index (χ2v) is 7.67. The summed E-state index contributed by atoms with van der Waals surface area (Å²) in [6.45, 7) is 5.64. The summed E-state index contributed by atoms with van der Waals surface area (Å²) in [7, 11) is 4.15. The number of nitrogens with one attached hydrogen (secondary N) is 2. The van der Waals surface area contributed by atoms with Crippen LogP contribution in [0.1, 0.15) is 30.3 Å². The van der Waals surface area contributed by atoms with Gasteiger partial charge in [0.25, 0.3) is 0 Å². The lowest BCUT2D eigenvalue weighted by molar-refractivity contribution is 0.0711. The fourth-order valence-corrected chi connectivity index (χ4v) is 3.48. The van der Waals surface area contributed by atoms with Gasteiger partial charge in [-0.1, -0.05) is 36.4 Å². The Morgan fingerprint density at radius 3 is 2.44 bits per heavy atom. The molecule has 5 nitrogen and oxygen atoms in total. The molecule has 1 aromatic carbocycles. The Bertz CT molecular complexity index is 675. The van der Waals surface area contributed by atoms with E-state index >= 15 is 0 Å². The Morgan fingerprint density at radius 2 is 1.89 bits per heavy atom. The molecule has 0 saturated carbocycles. The second kappa shape index (κ2) is 11.6. The molecule has 0 aliphatic heterocycles. The van der Waals surface area contributed by atoms with E-state index in [0.29, 0.717) is 12.5 Å². The number of nitrogens with zero attached hydrogens (tertiary/aromatic N) is 2. The van der Waals surface area contributed by atoms with Crippen LogP contribution in [0.5, 0.6) is 0 Å². The van der Waals surface area contributed by atoms with Crippen LogP contribution in [0.2, 0.25) is 0 Å². The van der Waals surface area contributed by atoms with E-state index in [9.17, 15) is 5.11 Å². The molecule has 1 heterocycles. The standard InChI is InChI=1S/C20H30N4OS.HI/c1-5-21-19(23-15-20(2,25)18-12-9-13-26-18)22-14-17(24(3)4)16-10-7-6-8-11-16;/h6-13,17,25H,5,14-15H2,1-4H3,(H2,21,22,23);1H. The van der Waals surface area contributed by atoms with E-state index < -0.39 is 5.60 Å². The highest BCUT2D eigenvalue weighted by molar-refractivity contribution is 14.0. The summed E-state index contributed by atoms with van der Waals surface area (Å²) in [5.41, 5.74) is 0.295. The third-order valence-corrected chi connectivity index (χ3v) is 5.33. The maximum Gasteiger partial charge on any atom is 0.191 e. The van der Waals surface area contributed by atoms with Crippen LogP contribution in [0.4, 0.5) is 0 Å². The molecule has 0 fully saturated rings. The fraction of sp³-hybridized carbons (Fsp3) is 0.450. The quantitative estimate of drug-likeness (QED) is 0.294. The lowest BCUT2D eigenvalue weighted by Crippen LogP contribution is -2.42. The fourth-order valence-electron chi connectivity index (χ4n) is 2.70. The van der Waals surface area contributed by atoms with Gasteiger partial charge in [0, 0.05) is 18.0 Å². The summed E-state index contributed by atoms with van der Waals surface area (Å²) < 4.78 is 0. The van der Waals surface area contributed by atoms with E-state index in [1.54, 1.807) is 18.3 Å². The van der Waals surface area contributed by atoms with Gasteiger partial charge in [-0.2, -0.15) is 0 Å². The van der Waals surface area contributed by atoms with Crippen molar-refractivity contribution >= 4 is 41.3 Å². The summed E-state index contributed by atoms with van der Waals surface area (Å²) in [6, 6.07) is 14.5. The van der Waals surface area contributed by atoms with Crippen molar-refractivity contribution in [2.45, 2.75) is 25.5 Å². The number of aliphatic imine (C=N–C) groups is 1. The van der Waals surface area contributed by atoms with Gasteiger partial charge in [0.15, 0.2) is 5.96 Å². The predicted octanol–water partition coefficient (Wildman–Crippen LogP) is 3.43. The van der Waals surface area contributed by atoms with Gasteiger partial charge in [0.2, 0.25) is 0 Å². The van der Waals surface area contributed by atoms with Crippen LogP contribution >= 0.6 is 35.3 Å². The van der Waals surface area contributed by atoms with E-state index in [2.05, 4.69) is 58.9 Å². The average Bonchev–Trinajstić information content (AvgIpc) is 3.16. The van der Waals surface area contributed by atoms with E-state index in [4.69, 9.17) is 0 Å². The summed E-state index contributed by atoms with van der Waals surface area (Å²) in [5, 5.41) is 19.3. The minimum atomic E-state index is -0.961. The summed E-state index contributed by atoms with van der Waals surface area (Å²) >= 11 is 1.55. The van der Waals surface area contributed by atoms with Crippen LogP contribution in [0.25, 0.3) is 0 Å². The Hall–Kier alpha value is -1.16.